The van der Waals surface area contributed by atoms with Crippen molar-refractivity contribution in [1.29, 1.82) is 0 Å². The number of benzene rings is 2. The summed E-state index contributed by atoms with van der Waals surface area (Å²) in [6, 6.07) is 17.7. The molecule has 0 fully saturated rings. The summed E-state index contributed by atoms with van der Waals surface area (Å²) in [5.41, 5.74) is 1.25. The molecule has 0 spiro atoms. The lowest BCUT2D eigenvalue weighted by molar-refractivity contribution is 0.102. The highest BCUT2D eigenvalue weighted by atomic mass is 79.9. The van der Waals surface area contributed by atoms with E-state index in [2.05, 4.69) is 36.3 Å². The van der Waals surface area contributed by atoms with Gasteiger partial charge in [0, 0.05) is 34.2 Å². The molecule has 0 saturated carbocycles. The monoisotopic (exact) mass is 435 g/mol. The van der Waals surface area contributed by atoms with Crippen LogP contribution >= 0.6 is 15.9 Å². The molecule has 8 heteroatoms. The molecule has 2 heterocycles. The van der Waals surface area contributed by atoms with Gasteiger partial charge in [-0.1, -0.05) is 15.9 Å². The van der Waals surface area contributed by atoms with Crippen molar-refractivity contribution >= 4 is 27.5 Å². The summed E-state index contributed by atoms with van der Waals surface area (Å²) in [5, 5.41) is 6.98. The quantitative estimate of drug-likeness (QED) is 0.499. The van der Waals surface area contributed by atoms with E-state index in [0.29, 0.717) is 28.7 Å². The third kappa shape index (κ3) is 4.24. The van der Waals surface area contributed by atoms with Gasteiger partial charge in [-0.3, -0.25) is 4.79 Å². The first kappa shape index (κ1) is 17.9. The summed E-state index contributed by atoms with van der Waals surface area (Å²) in [6.45, 7) is 0. The second-order valence-electron chi connectivity index (χ2n) is 5.75. The van der Waals surface area contributed by atoms with Crippen LogP contribution in [-0.2, 0) is 0 Å². The van der Waals surface area contributed by atoms with Crippen molar-refractivity contribution < 1.29 is 9.53 Å². The lowest BCUT2D eigenvalue weighted by Crippen LogP contribution is -2.11. The SMILES string of the molecule is O=C(Nc1ccc(Oc2cc(-n3cccn3)ncn2)cc1)c1ccc(Br)cc1. The van der Waals surface area contributed by atoms with Crippen molar-refractivity contribution in [2.75, 3.05) is 5.32 Å². The van der Waals surface area contributed by atoms with E-state index < -0.39 is 0 Å². The highest BCUT2D eigenvalue weighted by Crippen LogP contribution is 2.22. The minimum Gasteiger partial charge on any atom is -0.439 e. The zero-order valence-electron chi connectivity index (χ0n) is 14.5. The lowest BCUT2D eigenvalue weighted by atomic mass is 10.2. The van der Waals surface area contributed by atoms with Crippen molar-refractivity contribution in [3.8, 4) is 17.4 Å². The predicted molar refractivity (Wildman–Crippen MR) is 108 cm³/mol. The summed E-state index contributed by atoms with van der Waals surface area (Å²) < 4.78 is 8.31. The zero-order chi connectivity index (χ0) is 19.3. The maximum atomic E-state index is 12.3. The van der Waals surface area contributed by atoms with Gasteiger partial charge in [0.05, 0.1) is 0 Å². The molecule has 7 nitrogen and oxygen atoms in total. The number of aromatic nitrogens is 4. The van der Waals surface area contributed by atoms with Gasteiger partial charge in [0.15, 0.2) is 5.82 Å². The molecule has 138 valence electrons. The Labute approximate surface area is 169 Å². The number of amides is 1. The highest BCUT2D eigenvalue weighted by molar-refractivity contribution is 9.10. The van der Waals surface area contributed by atoms with Crippen LogP contribution in [0.5, 0.6) is 11.6 Å². The molecular formula is C20H14BrN5O2. The fraction of sp³-hybridized carbons (Fsp3) is 0. The fourth-order valence-electron chi connectivity index (χ4n) is 2.45. The van der Waals surface area contributed by atoms with Gasteiger partial charge in [0.25, 0.3) is 5.91 Å². The van der Waals surface area contributed by atoms with E-state index in [0.717, 1.165) is 4.47 Å². The number of carbonyl (C=O) groups excluding carboxylic acids is 1. The van der Waals surface area contributed by atoms with Crippen LogP contribution in [0.3, 0.4) is 0 Å². The van der Waals surface area contributed by atoms with Gasteiger partial charge in [-0.15, -0.1) is 0 Å². The molecule has 1 amide bonds. The Hall–Kier alpha value is -3.52. The third-order valence-corrected chi connectivity index (χ3v) is 4.34. The maximum absolute atomic E-state index is 12.3. The average molecular weight is 436 g/mol. The first-order valence-corrected chi connectivity index (χ1v) is 9.13. The molecule has 0 bridgehead atoms. The minimum atomic E-state index is -0.180. The van der Waals surface area contributed by atoms with Crippen molar-refractivity contribution in [2.24, 2.45) is 0 Å². The number of nitrogens with zero attached hydrogens (tertiary/aromatic N) is 4. The van der Waals surface area contributed by atoms with E-state index in [1.807, 2.05) is 18.2 Å². The summed E-state index contributed by atoms with van der Waals surface area (Å²) in [7, 11) is 0. The smallest absolute Gasteiger partial charge is 0.255 e. The molecule has 0 radical (unpaired) electrons. The Morgan fingerprint density at radius 2 is 1.82 bits per heavy atom. The number of hydrogen-bond acceptors (Lipinski definition) is 5. The second-order valence-corrected chi connectivity index (χ2v) is 6.67. The van der Waals surface area contributed by atoms with Crippen LogP contribution < -0.4 is 10.1 Å². The molecule has 0 atom stereocenters. The molecule has 0 aliphatic heterocycles. The molecular weight excluding hydrogens is 422 g/mol. The number of ether oxygens (including phenoxy) is 1. The summed E-state index contributed by atoms with van der Waals surface area (Å²) >= 11 is 3.35. The molecule has 0 saturated heterocycles. The van der Waals surface area contributed by atoms with Gasteiger partial charge in [0.2, 0.25) is 5.88 Å². The number of halogens is 1. The first-order chi connectivity index (χ1) is 13.7. The molecule has 0 aliphatic rings. The largest absolute Gasteiger partial charge is 0.439 e. The van der Waals surface area contributed by atoms with Gasteiger partial charge in [0.1, 0.15) is 12.1 Å². The van der Waals surface area contributed by atoms with Crippen molar-refractivity contribution in [3.05, 3.63) is 89.4 Å². The van der Waals surface area contributed by atoms with Crippen molar-refractivity contribution in [2.45, 2.75) is 0 Å². The van der Waals surface area contributed by atoms with Crippen LogP contribution in [-0.4, -0.2) is 25.7 Å². The number of rotatable bonds is 5. The van der Waals surface area contributed by atoms with Crippen molar-refractivity contribution in [3.63, 3.8) is 0 Å². The Kier molecular flexibility index (Phi) is 5.11. The predicted octanol–water partition coefficient (Wildman–Crippen LogP) is 4.47. The molecule has 4 aromatic rings. The van der Waals surface area contributed by atoms with Gasteiger partial charge < -0.3 is 10.1 Å². The Bertz CT molecular complexity index is 1080. The summed E-state index contributed by atoms with van der Waals surface area (Å²) in [5.74, 6) is 1.41. The number of carbonyl (C=O) groups is 1. The maximum Gasteiger partial charge on any atom is 0.255 e. The van der Waals surface area contributed by atoms with Crippen LogP contribution in [0.1, 0.15) is 10.4 Å². The highest BCUT2D eigenvalue weighted by Gasteiger charge is 2.07. The molecule has 0 unspecified atom stereocenters. The molecule has 0 aliphatic carbocycles. The van der Waals surface area contributed by atoms with E-state index in [1.54, 1.807) is 59.5 Å². The number of anilines is 1. The van der Waals surface area contributed by atoms with Crippen LogP contribution in [0.4, 0.5) is 5.69 Å². The average Bonchev–Trinajstić information content (AvgIpc) is 3.25. The van der Waals surface area contributed by atoms with E-state index >= 15 is 0 Å². The van der Waals surface area contributed by atoms with Gasteiger partial charge in [-0.2, -0.15) is 5.10 Å². The van der Waals surface area contributed by atoms with Crippen LogP contribution in [0, 0.1) is 0 Å². The van der Waals surface area contributed by atoms with Crippen LogP contribution in [0.2, 0.25) is 0 Å². The van der Waals surface area contributed by atoms with Gasteiger partial charge in [-0.05, 0) is 54.6 Å². The van der Waals surface area contributed by atoms with E-state index in [4.69, 9.17) is 4.74 Å². The van der Waals surface area contributed by atoms with Crippen molar-refractivity contribution in [1.82, 2.24) is 19.7 Å². The van der Waals surface area contributed by atoms with Crippen LogP contribution in [0.25, 0.3) is 5.82 Å². The topological polar surface area (TPSA) is 81.9 Å². The normalized spacial score (nSPS) is 10.5. The number of nitrogens with one attached hydrogen (secondary N) is 1. The molecule has 4 rings (SSSR count). The summed E-state index contributed by atoms with van der Waals surface area (Å²) in [4.78, 5) is 20.5. The summed E-state index contributed by atoms with van der Waals surface area (Å²) in [6.07, 6.45) is 4.87. The molecule has 2 aromatic heterocycles. The van der Waals surface area contributed by atoms with E-state index in [-0.39, 0.29) is 5.91 Å². The van der Waals surface area contributed by atoms with E-state index in [9.17, 15) is 4.79 Å². The number of hydrogen-bond donors (Lipinski definition) is 1. The zero-order valence-corrected chi connectivity index (χ0v) is 16.1. The molecule has 1 N–H and O–H groups in total. The van der Waals surface area contributed by atoms with Gasteiger partial charge >= 0.3 is 0 Å². The lowest BCUT2D eigenvalue weighted by Gasteiger charge is -2.08. The Morgan fingerprint density at radius 1 is 1.04 bits per heavy atom. The van der Waals surface area contributed by atoms with Crippen LogP contribution in [0.15, 0.2) is 83.9 Å². The van der Waals surface area contributed by atoms with Gasteiger partial charge in [-0.25, -0.2) is 14.6 Å². The first-order valence-electron chi connectivity index (χ1n) is 8.34. The Balaban J connectivity index is 1.43. The van der Waals surface area contributed by atoms with E-state index in [1.165, 1.54) is 6.33 Å². The minimum absolute atomic E-state index is 0.180. The third-order valence-electron chi connectivity index (χ3n) is 3.81. The molecule has 2 aromatic carbocycles. The standard InChI is InChI=1S/C20H14BrN5O2/c21-15-4-2-14(3-5-15)20(27)25-16-6-8-17(9-7-16)28-19-12-18(22-13-23-19)26-11-1-10-24-26/h1-13H,(H,25,27). The fourth-order valence-corrected chi connectivity index (χ4v) is 2.71. The Morgan fingerprint density at radius 3 is 2.54 bits per heavy atom. The second kappa shape index (κ2) is 8.01. The molecule has 28 heavy (non-hydrogen) atoms.